The molecule has 3 aromatic rings. The molecule has 0 aliphatic rings. The molecule has 0 unspecified atom stereocenters. The molecule has 0 aliphatic carbocycles. The van der Waals surface area contributed by atoms with E-state index in [1.54, 1.807) is 6.07 Å². The van der Waals surface area contributed by atoms with Crippen LogP contribution in [0, 0.1) is 13.8 Å². The molecule has 0 fully saturated rings. The van der Waals surface area contributed by atoms with Crippen LogP contribution in [0.5, 0.6) is 0 Å². The summed E-state index contributed by atoms with van der Waals surface area (Å²) in [5.74, 6) is 0.118. The molecular formula is C22H24ClN5O3S. The lowest BCUT2D eigenvalue weighted by molar-refractivity contribution is -0.117. The molecule has 0 atom stereocenters. The Hall–Kier alpha value is -2.88. The van der Waals surface area contributed by atoms with Crippen LogP contribution >= 0.6 is 23.4 Å². The third kappa shape index (κ3) is 5.87. The van der Waals surface area contributed by atoms with Crippen LogP contribution in [0.1, 0.15) is 11.1 Å². The first-order chi connectivity index (χ1) is 15.4. The van der Waals surface area contributed by atoms with Crippen molar-refractivity contribution in [3.8, 4) is 17.1 Å². The maximum atomic E-state index is 12.3. The van der Waals surface area contributed by atoms with E-state index in [1.165, 1.54) is 18.9 Å². The van der Waals surface area contributed by atoms with E-state index >= 15 is 0 Å². The van der Waals surface area contributed by atoms with Gasteiger partial charge in [0.05, 0.1) is 23.1 Å². The number of methoxy groups -OCH3 is 1. The molecular weight excluding hydrogens is 450 g/mol. The van der Waals surface area contributed by atoms with Crippen molar-refractivity contribution in [2.75, 3.05) is 26.0 Å². The number of hydrogen-bond acceptors (Lipinski definition) is 6. The summed E-state index contributed by atoms with van der Waals surface area (Å²) in [6.07, 6.45) is 0. The smallest absolute Gasteiger partial charge is 0.321 e. The van der Waals surface area contributed by atoms with Crippen LogP contribution in [0.15, 0.2) is 47.6 Å². The second-order valence-electron chi connectivity index (χ2n) is 7.00. The number of thioether (sulfide) groups is 1. The number of imide groups is 1. The highest BCUT2D eigenvalue weighted by atomic mass is 35.5. The van der Waals surface area contributed by atoms with Crippen molar-refractivity contribution >= 4 is 35.3 Å². The summed E-state index contributed by atoms with van der Waals surface area (Å²) in [7, 11) is 1.53. The van der Waals surface area contributed by atoms with Gasteiger partial charge in [0, 0.05) is 19.2 Å². The third-order valence-electron chi connectivity index (χ3n) is 4.53. The number of urea groups is 1. The van der Waals surface area contributed by atoms with Gasteiger partial charge < -0.3 is 10.1 Å². The van der Waals surface area contributed by atoms with Gasteiger partial charge in [-0.1, -0.05) is 47.6 Å². The van der Waals surface area contributed by atoms with E-state index in [4.69, 9.17) is 16.3 Å². The minimum Gasteiger partial charge on any atom is -0.383 e. The van der Waals surface area contributed by atoms with Crippen LogP contribution < -0.4 is 10.6 Å². The summed E-state index contributed by atoms with van der Waals surface area (Å²) >= 11 is 7.62. The Labute approximate surface area is 195 Å². The van der Waals surface area contributed by atoms with Gasteiger partial charge in [-0.05, 0) is 43.2 Å². The number of hydrogen-bond donors (Lipinski definition) is 2. The summed E-state index contributed by atoms with van der Waals surface area (Å²) in [4.78, 5) is 24.0. The second-order valence-corrected chi connectivity index (χ2v) is 8.35. The first kappa shape index (κ1) is 23.8. The van der Waals surface area contributed by atoms with Crippen LogP contribution in [0.3, 0.4) is 0 Å². The van der Waals surface area contributed by atoms with E-state index < -0.39 is 11.9 Å². The van der Waals surface area contributed by atoms with Gasteiger partial charge in [-0.3, -0.25) is 14.7 Å². The molecule has 1 heterocycles. The Morgan fingerprint density at radius 1 is 1.16 bits per heavy atom. The Kier molecular flexibility index (Phi) is 8.26. The Bertz CT molecular complexity index is 1120. The van der Waals surface area contributed by atoms with E-state index in [2.05, 4.69) is 20.8 Å². The zero-order chi connectivity index (χ0) is 23.1. The Morgan fingerprint density at radius 3 is 2.69 bits per heavy atom. The molecule has 0 bridgehead atoms. The zero-order valence-corrected chi connectivity index (χ0v) is 19.6. The van der Waals surface area contributed by atoms with Crippen LogP contribution in [0.2, 0.25) is 5.02 Å². The fourth-order valence-corrected chi connectivity index (χ4v) is 3.93. The van der Waals surface area contributed by atoms with Crippen molar-refractivity contribution in [3.63, 3.8) is 0 Å². The molecule has 0 radical (unpaired) electrons. The number of carbonyl (C=O) groups is 2. The van der Waals surface area contributed by atoms with Gasteiger partial charge in [0.2, 0.25) is 5.91 Å². The highest BCUT2D eigenvalue weighted by Crippen LogP contribution is 2.33. The fourth-order valence-electron chi connectivity index (χ4n) is 2.96. The minimum atomic E-state index is -0.569. The van der Waals surface area contributed by atoms with Gasteiger partial charge in [-0.25, -0.2) is 4.79 Å². The molecule has 2 aromatic carbocycles. The van der Waals surface area contributed by atoms with E-state index in [0.717, 1.165) is 22.4 Å². The Morgan fingerprint density at radius 2 is 1.94 bits per heavy atom. The van der Waals surface area contributed by atoms with Gasteiger partial charge in [-0.2, -0.15) is 0 Å². The van der Waals surface area contributed by atoms with Crippen molar-refractivity contribution in [2.24, 2.45) is 0 Å². The highest BCUT2D eigenvalue weighted by Gasteiger charge is 2.20. The lowest BCUT2D eigenvalue weighted by Crippen LogP contribution is -2.41. The maximum absolute atomic E-state index is 12.3. The number of ether oxygens (including phenoxy) is 1. The predicted molar refractivity (Wildman–Crippen MR) is 125 cm³/mol. The van der Waals surface area contributed by atoms with Gasteiger partial charge >= 0.3 is 6.03 Å². The molecule has 0 aliphatic heterocycles. The lowest BCUT2D eigenvalue weighted by Gasteiger charge is -2.14. The summed E-state index contributed by atoms with van der Waals surface area (Å²) in [5.41, 5.74) is 3.72. The fraction of sp³-hybridized carbons (Fsp3) is 0.273. The molecule has 0 saturated heterocycles. The number of aryl methyl sites for hydroxylation is 2. The number of aromatic nitrogens is 3. The second kappa shape index (κ2) is 11.1. The van der Waals surface area contributed by atoms with Gasteiger partial charge in [0.25, 0.3) is 0 Å². The molecule has 8 nitrogen and oxygen atoms in total. The number of rotatable bonds is 8. The molecule has 3 rings (SSSR count). The molecule has 0 spiro atoms. The first-order valence-electron chi connectivity index (χ1n) is 9.88. The SMILES string of the molecule is COCCNC(=O)NC(=O)CSc1nnc(-c2ccccc2Cl)n1-c1cc(C)ccc1C. The van der Waals surface area contributed by atoms with Crippen LogP contribution in [0.4, 0.5) is 4.79 Å². The van der Waals surface area contributed by atoms with Crippen LogP contribution in [0.25, 0.3) is 17.1 Å². The Balaban J connectivity index is 1.87. The van der Waals surface area contributed by atoms with Gasteiger partial charge in [-0.15, -0.1) is 10.2 Å². The number of benzene rings is 2. The molecule has 2 N–H and O–H groups in total. The monoisotopic (exact) mass is 473 g/mol. The van der Waals surface area contributed by atoms with E-state index in [9.17, 15) is 9.59 Å². The average Bonchev–Trinajstić information content (AvgIpc) is 3.18. The quantitative estimate of drug-likeness (QED) is 0.381. The van der Waals surface area contributed by atoms with Crippen LogP contribution in [-0.2, 0) is 9.53 Å². The summed E-state index contributed by atoms with van der Waals surface area (Å²) < 4.78 is 6.75. The molecule has 1 aromatic heterocycles. The summed E-state index contributed by atoms with van der Waals surface area (Å²) in [5, 5.41) is 14.6. The van der Waals surface area contributed by atoms with Crippen molar-refractivity contribution in [1.82, 2.24) is 25.4 Å². The van der Waals surface area contributed by atoms with E-state index in [1.807, 2.05) is 54.8 Å². The van der Waals surface area contributed by atoms with Gasteiger partial charge in [0.15, 0.2) is 11.0 Å². The number of halogens is 1. The predicted octanol–water partition coefficient (Wildman–Crippen LogP) is 3.77. The maximum Gasteiger partial charge on any atom is 0.321 e. The summed E-state index contributed by atoms with van der Waals surface area (Å²) in [6.45, 7) is 4.67. The van der Waals surface area contributed by atoms with Crippen molar-refractivity contribution in [1.29, 1.82) is 0 Å². The number of nitrogens with zero attached hydrogens (tertiary/aromatic N) is 3. The topological polar surface area (TPSA) is 98.1 Å². The van der Waals surface area contributed by atoms with Crippen molar-refractivity contribution in [2.45, 2.75) is 19.0 Å². The highest BCUT2D eigenvalue weighted by molar-refractivity contribution is 7.99. The van der Waals surface area contributed by atoms with E-state index in [-0.39, 0.29) is 5.75 Å². The number of nitrogens with one attached hydrogen (secondary N) is 2. The molecule has 3 amide bonds. The number of carbonyl (C=O) groups excluding carboxylic acids is 2. The first-order valence-corrected chi connectivity index (χ1v) is 11.2. The van der Waals surface area contributed by atoms with Crippen molar-refractivity contribution < 1.29 is 14.3 Å². The standard InChI is InChI=1S/C22H24ClN5O3S/c1-14-8-9-15(2)18(12-14)28-20(16-6-4-5-7-17(16)23)26-27-22(28)32-13-19(29)25-21(30)24-10-11-31-3/h4-9,12H,10-11,13H2,1-3H3,(H2,24,25,29,30). The summed E-state index contributed by atoms with van der Waals surface area (Å²) in [6, 6.07) is 12.9. The van der Waals surface area contributed by atoms with E-state index in [0.29, 0.717) is 29.2 Å². The average molecular weight is 474 g/mol. The molecule has 32 heavy (non-hydrogen) atoms. The normalized spacial score (nSPS) is 10.8. The molecule has 168 valence electrons. The minimum absolute atomic E-state index is 0.0107. The van der Waals surface area contributed by atoms with Crippen molar-refractivity contribution in [3.05, 3.63) is 58.6 Å². The third-order valence-corrected chi connectivity index (χ3v) is 5.79. The van der Waals surface area contributed by atoms with Gasteiger partial charge in [0.1, 0.15) is 0 Å². The zero-order valence-electron chi connectivity index (χ0n) is 18.0. The largest absolute Gasteiger partial charge is 0.383 e. The number of amides is 3. The molecule has 0 saturated carbocycles. The lowest BCUT2D eigenvalue weighted by atomic mass is 10.1. The van der Waals surface area contributed by atoms with Crippen LogP contribution in [-0.4, -0.2) is 52.7 Å². The molecule has 10 heteroatoms.